The van der Waals surface area contributed by atoms with Crippen LogP contribution in [0.2, 0.25) is 0 Å². The molecule has 2 saturated heterocycles. The second-order valence-corrected chi connectivity index (χ2v) is 9.55. The van der Waals surface area contributed by atoms with E-state index >= 15 is 0 Å². The fourth-order valence-electron chi connectivity index (χ4n) is 4.07. The monoisotopic (exact) mass is 352 g/mol. The van der Waals surface area contributed by atoms with E-state index in [9.17, 15) is 19.5 Å². The molecule has 3 rings (SSSR count). The lowest BCUT2D eigenvalue weighted by Gasteiger charge is -2.50. The third-order valence-electron chi connectivity index (χ3n) is 5.73. The molecule has 2 amide bonds. The lowest BCUT2D eigenvalue weighted by atomic mass is 9.71. The maximum absolute atomic E-state index is 12.5. The highest BCUT2D eigenvalue weighted by Crippen LogP contribution is 2.54. The highest BCUT2D eigenvalue weighted by atomic mass is 16.6. The number of carbonyl (C=O) groups excluding carboxylic acids is 2. The number of hydrogen-bond donors (Lipinski definition) is 1. The Kier molecular flexibility index (Phi) is 3.86. The van der Waals surface area contributed by atoms with Crippen LogP contribution in [0, 0.1) is 22.7 Å². The number of carboxylic acid groups (broad SMARTS) is 1. The van der Waals surface area contributed by atoms with Gasteiger partial charge in [0.25, 0.3) is 0 Å². The Hall–Kier alpha value is -1.79. The van der Waals surface area contributed by atoms with Crippen molar-refractivity contribution in [1.29, 1.82) is 0 Å². The summed E-state index contributed by atoms with van der Waals surface area (Å²) in [7, 11) is 0. The van der Waals surface area contributed by atoms with Crippen molar-refractivity contribution in [2.45, 2.75) is 46.6 Å². The quantitative estimate of drug-likeness (QED) is 0.819. The van der Waals surface area contributed by atoms with Gasteiger partial charge in [-0.15, -0.1) is 0 Å². The molecule has 1 saturated carbocycles. The lowest BCUT2D eigenvalue weighted by molar-refractivity contribution is -0.158. The molecular formula is C18H28N2O5. The molecule has 25 heavy (non-hydrogen) atoms. The summed E-state index contributed by atoms with van der Waals surface area (Å²) in [4.78, 5) is 39.7. The fraction of sp³-hybridized carbons (Fsp3) is 0.833. The van der Waals surface area contributed by atoms with E-state index in [2.05, 4.69) is 13.8 Å². The van der Waals surface area contributed by atoms with Gasteiger partial charge in [-0.2, -0.15) is 0 Å². The summed E-state index contributed by atoms with van der Waals surface area (Å²) in [5.74, 6) is -1.40. The van der Waals surface area contributed by atoms with E-state index in [4.69, 9.17) is 4.74 Å². The number of amides is 2. The number of ether oxygens (including phenoxy) is 1. The number of aliphatic carboxylic acids is 1. The van der Waals surface area contributed by atoms with Crippen molar-refractivity contribution in [3.05, 3.63) is 0 Å². The van der Waals surface area contributed by atoms with Crippen molar-refractivity contribution in [1.82, 2.24) is 9.80 Å². The van der Waals surface area contributed by atoms with Gasteiger partial charge in [0, 0.05) is 37.5 Å². The van der Waals surface area contributed by atoms with E-state index in [1.54, 1.807) is 25.7 Å². The summed E-state index contributed by atoms with van der Waals surface area (Å²) in [5, 5.41) is 9.59. The van der Waals surface area contributed by atoms with Crippen molar-refractivity contribution in [3.8, 4) is 0 Å². The lowest BCUT2D eigenvalue weighted by Crippen LogP contribution is -2.63. The summed E-state index contributed by atoms with van der Waals surface area (Å²) in [5.41, 5.74) is -1.10. The van der Waals surface area contributed by atoms with Crippen LogP contribution in [-0.2, 0) is 14.3 Å². The normalized spacial score (nSPS) is 29.3. The summed E-state index contributed by atoms with van der Waals surface area (Å²) >= 11 is 0. The Balaban J connectivity index is 1.66. The van der Waals surface area contributed by atoms with Gasteiger partial charge < -0.3 is 19.6 Å². The Bertz CT molecular complexity index is 615. The number of nitrogens with zero attached hydrogens (tertiary/aromatic N) is 2. The molecule has 0 aromatic carbocycles. The zero-order chi connectivity index (χ0) is 18.8. The molecule has 2 atom stereocenters. The minimum absolute atomic E-state index is 0.0523. The van der Waals surface area contributed by atoms with Crippen molar-refractivity contribution in [3.63, 3.8) is 0 Å². The van der Waals surface area contributed by atoms with Gasteiger partial charge >= 0.3 is 12.1 Å². The summed E-state index contributed by atoms with van der Waals surface area (Å²) < 4.78 is 5.37. The number of carbonyl (C=O) groups is 3. The van der Waals surface area contributed by atoms with Crippen LogP contribution in [0.15, 0.2) is 0 Å². The van der Waals surface area contributed by atoms with Crippen LogP contribution in [0.3, 0.4) is 0 Å². The third kappa shape index (κ3) is 3.20. The molecule has 0 bridgehead atoms. The van der Waals surface area contributed by atoms with Gasteiger partial charge in [-0.3, -0.25) is 9.59 Å². The molecule has 2 aliphatic heterocycles. The molecule has 1 aliphatic carbocycles. The third-order valence-corrected chi connectivity index (χ3v) is 5.73. The van der Waals surface area contributed by atoms with Crippen LogP contribution in [-0.4, -0.2) is 64.7 Å². The van der Waals surface area contributed by atoms with Gasteiger partial charge in [0.1, 0.15) is 5.60 Å². The molecule has 1 N–H and O–H groups in total. The molecule has 0 unspecified atom stereocenters. The van der Waals surface area contributed by atoms with Crippen LogP contribution in [0.5, 0.6) is 0 Å². The highest BCUT2D eigenvalue weighted by molar-refractivity contribution is 5.84. The average Bonchev–Trinajstić information content (AvgIpc) is 2.89. The molecule has 7 heteroatoms. The van der Waals surface area contributed by atoms with Crippen molar-refractivity contribution in [2.24, 2.45) is 22.7 Å². The van der Waals surface area contributed by atoms with E-state index in [0.717, 1.165) is 6.42 Å². The van der Waals surface area contributed by atoms with Crippen LogP contribution in [0.1, 0.15) is 41.0 Å². The smallest absolute Gasteiger partial charge is 0.410 e. The summed E-state index contributed by atoms with van der Waals surface area (Å²) in [6, 6.07) is 0. The molecule has 3 aliphatic rings. The predicted octanol–water partition coefficient (Wildman–Crippen LogP) is 1.81. The Morgan fingerprint density at radius 2 is 1.56 bits per heavy atom. The summed E-state index contributed by atoms with van der Waals surface area (Å²) in [6.45, 7) is 10.8. The highest BCUT2D eigenvalue weighted by Gasteiger charge is 2.62. The fourth-order valence-corrected chi connectivity index (χ4v) is 4.07. The molecule has 7 nitrogen and oxygen atoms in total. The Labute approximate surface area is 148 Å². The molecule has 2 heterocycles. The zero-order valence-corrected chi connectivity index (χ0v) is 15.7. The van der Waals surface area contributed by atoms with E-state index in [0.29, 0.717) is 19.6 Å². The SMILES string of the molecule is CC(C)(C)OC(=O)N1C[C@@H](C(=O)O)C2(C1)CN(C(=O)[C@H]1CC1(C)C)C2. The Morgan fingerprint density at radius 1 is 1.04 bits per heavy atom. The minimum atomic E-state index is -0.912. The van der Waals surface area contributed by atoms with Gasteiger partial charge in [-0.1, -0.05) is 13.8 Å². The standard InChI is InChI=1S/C18H28N2O5/c1-16(2,3)25-15(24)19-7-12(14(22)23)18(8-19)9-20(10-18)13(21)11-6-17(11,4)5/h11-12H,6-10H2,1-5H3,(H,22,23)/t11-,12+/m1/s1. The first kappa shape index (κ1) is 18.0. The van der Waals surface area contributed by atoms with Gasteiger partial charge in [0.2, 0.25) is 5.91 Å². The van der Waals surface area contributed by atoms with Gasteiger partial charge in [-0.05, 0) is 32.6 Å². The maximum atomic E-state index is 12.5. The van der Waals surface area contributed by atoms with Crippen molar-refractivity contribution >= 4 is 18.0 Å². The van der Waals surface area contributed by atoms with Gasteiger partial charge in [-0.25, -0.2) is 4.79 Å². The van der Waals surface area contributed by atoms with Crippen LogP contribution in [0.4, 0.5) is 4.79 Å². The molecule has 0 aromatic rings. The van der Waals surface area contributed by atoms with Crippen LogP contribution >= 0.6 is 0 Å². The van der Waals surface area contributed by atoms with Gasteiger partial charge in [0.15, 0.2) is 0 Å². The van der Waals surface area contributed by atoms with E-state index in [1.807, 2.05) is 0 Å². The van der Waals surface area contributed by atoms with Crippen LogP contribution < -0.4 is 0 Å². The largest absolute Gasteiger partial charge is 0.481 e. The first-order valence-corrected chi connectivity index (χ1v) is 8.84. The molecular weight excluding hydrogens is 324 g/mol. The second kappa shape index (κ2) is 5.35. The minimum Gasteiger partial charge on any atom is -0.481 e. The maximum Gasteiger partial charge on any atom is 0.410 e. The predicted molar refractivity (Wildman–Crippen MR) is 89.8 cm³/mol. The first-order chi connectivity index (χ1) is 11.3. The second-order valence-electron chi connectivity index (χ2n) is 9.55. The first-order valence-electron chi connectivity index (χ1n) is 8.84. The zero-order valence-electron chi connectivity index (χ0n) is 15.7. The van der Waals surface area contributed by atoms with E-state index in [1.165, 1.54) is 4.90 Å². The summed E-state index contributed by atoms with van der Waals surface area (Å²) in [6.07, 6.45) is 0.408. The van der Waals surface area contributed by atoms with Crippen LogP contribution in [0.25, 0.3) is 0 Å². The topological polar surface area (TPSA) is 87.2 Å². The van der Waals surface area contributed by atoms with E-state index in [-0.39, 0.29) is 23.8 Å². The van der Waals surface area contributed by atoms with Crippen molar-refractivity contribution in [2.75, 3.05) is 26.2 Å². The molecule has 0 aromatic heterocycles. The number of carboxylic acids is 1. The van der Waals surface area contributed by atoms with Gasteiger partial charge in [0.05, 0.1) is 5.92 Å². The average molecular weight is 352 g/mol. The number of likely N-dealkylation sites (tertiary alicyclic amines) is 2. The molecule has 140 valence electrons. The number of hydrogen-bond acceptors (Lipinski definition) is 4. The Morgan fingerprint density at radius 3 is 2.00 bits per heavy atom. The number of rotatable bonds is 2. The molecule has 1 spiro atoms. The van der Waals surface area contributed by atoms with E-state index < -0.39 is 29.0 Å². The molecule has 3 fully saturated rings. The molecule has 0 radical (unpaired) electrons. The van der Waals surface area contributed by atoms with Crippen molar-refractivity contribution < 1.29 is 24.2 Å².